The molecule has 1 N–H and O–H groups in total. The summed E-state index contributed by atoms with van der Waals surface area (Å²) in [4.78, 5) is 28.5. The van der Waals surface area contributed by atoms with Gasteiger partial charge in [-0.15, -0.1) is 0 Å². The summed E-state index contributed by atoms with van der Waals surface area (Å²) in [5, 5.41) is 6.77. The quantitative estimate of drug-likeness (QED) is 0.832. The monoisotopic (exact) mass is 382 g/mol. The fourth-order valence-corrected chi connectivity index (χ4v) is 3.60. The van der Waals surface area contributed by atoms with Gasteiger partial charge in [0.15, 0.2) is 0 Å². The maximum atomic E-state index is 12.7. The van der Waals surface area contributed by atoms with Gasteiger partial charge in [0.2, 0.25) is 5.91 Å². The average Bonchev–Trinajstić information content (AvgIpc) is 3.45. The number of rotatable bonds is 6. The molecule has 7 nitrogen and oxygen atoms in total. The van der Waals surface area contributed by atoms with Gasteiger partial charge in [0.25, 0.3) is 5.91 Å². The molecular formula is C21H26N4O3. The van der Waals surface area contributed by atoms with E-state index in [-0.39, 0.29) is 17.9 Å². The first-order valence-electron chi connectivity index (χ1n) is 9.89. The maximum Gasteiger partial charge on any atom is 0.254 e. The molecule has 0 radical (unpaired) electrons. The first-order chi connectivity index (χ1) is 13.6. The van der Waals surface area contributed by atoms with E-state index in [1.807, 2.05) is 23.1 Å². The number of hydrogen-bond donors (Lipinski definition) is 1. The molecule has 1 aromatic carbocycles. The van der Waals surface area contributed by atoms with Crippen molar-refractivity contribution in [3.8, 4) is 5.75 Å². The summed E-state index contributed by atoms with van der Waals surface area (Å²) >= 11 is 0. The van der Waals surface area contributed by atoms with Crippen LogP contribution in [-0.4, -0.2) is 58.1 Å². The number of carbonyl (C=O) groups is 2. The van der Waals surface area contributed by atoms with Crippen molar-refractivity contribution in [2.75, 3.05) is 20.1 Å². The van der Waals surface area contributed by atoms with Crippen LogP contribution in [0.4, 0.5) is 0 Å². The van der Waals surface area contributed by atoms with E-state index >= 15 is 0 Å². The highest BCUT2D eigenvalue weighted by molar-refractivity contribution is 5.94. The second-order valence-electron chi connectivity index (χ2n) is 7.69. The van der Waals surface area contributed by atoms with Gasteiger partial charge in [0.1, 0.15) is 11.9 Å². The summed E-state index contributed by atoms with van der Waals surface area (Å²) in [5.41, 5.74) is 1.48. The summed E-state index contributed by atoms with van der Waals surface area (Å²) in [7, 11) is 1.77. The molecule has 28 heavy (non-hydrogen) atoms. The Morgan fingerprint density at radius 1 is 1.21 bits per heavy atom. The Bertz CT molecular complexity index is 824. The molecule has 2 aromatic rings. The molecule has 1 aliphatic carbocycles. The van der Waals surface area contributed by atoms with E-state index in [0.717, 1.165) is 44.5 Å². The number of ether oxygens (including phenoxy) is 1. The standard InChI is InChI=1S/C21H26N4O3/c1-24(14-17-7-10-22-23-17)20(26)16-3-2-4-19(13-16)28-18-8-11-25(12-9-18)21(27)15-5-6-15/h2-4,7,10,13,15,18H,5-6,8-9,11-12,14H2,1H3,(H,22,23). The number of aromatic amines is 1. The first kappa shape index (κ1) is 18.5. The molecule has 0 atom stereocenters. The van der Waals surface area contributed by atoms with Crippen LogP contribution in [0.3, 0.4) is 0 Å². The van der Waals surface area contributed by atoms with Crippen LogP contribution in [0.5, 0.6) is 5.75 Å². The average molecular weight is 382 g/mol. The van der Waals surface area contributed by atoms with Gasteiger partial charge < -0.3 is 14.5 Å². The van der Waals surface area contributed by atoms with E-state index in [1.54, 1.807) is 30.3 Å². The second kappa shape index (κ2) is 8.04. The largest absolute Gasteiger partial charge is 0.490 e. The summed E-state index contributed by atoms with van der Waals surface area (Å²) in [6.07, 6.45) is 5.50. The number of amides is 2. The lowest BCUT2D eigenvalue weighted by Gasteiger charge is -2.32. The molecule has 0 bridgehead atoms. The predicted octanol–water partition coefficient (Wildman–Crippen LogP) is 2.46. The fraction of sp³-hybridized carbons (Fsp3) is 0.476. The number of hydrogen-bond acceptors (Lipinski definition) is 4. The third-order valence-electron chi connectivity index (χ3n) is 5.38. The molecule has 1 saturated heterocycles. The topological polar surface area (TPSA) is 78.5 Å². The van der Waals surface area contributed by atoms with Crippen molar-refractivity contribution in [1.82, 2.24) is 20.0 Å². The number of piperidine rings is 1. The molecule has 0 spiro atoms. The zero-order valence-corrected chi connectivity index (χ0v) is 16.1. The van der Waals surface area contributed by atoms with E-state index in [9.17, 15) is 9.59 Å². The molecule has 1 aliphatic heterocycles. The van der Waals surface area contributed by atoms with E-state index in [2.05, 4.69) is 10.2 Å². The van der Waals surface area contributed by atoms with Gasteiger partial charge in [-0.1, -0.05) is 6.07 Å². The van der Waals surface area contributed by atoms with Crippen LogP contribution in [0, 0.1) is 5.92 Å². The van der Waals surface area contributed by atoms with Crippen LogP contribution in [0.25, 0.3) is 0 Å². The Morgan fingerprint density at radius 2 is 2.00 bits per heavy atom. The summed E-state index contributed by atoms with van der Waals surface area (Å²) in [6.45, 7) is 1.98. The number of carbonyl (C=O) groups excluding carboxylic acids is 2. The zero-order valence-electron chi connectivity index (χ0n) is 16.1. The van der Waals surface area contributed by atoms with Crippen LogP contribution in [-0.2, 0) is 11.3 Å². The lowest BCUT2D eigenvalue weighted by Crippen LogP contribution is -2.42. The van der Waals surface area contributed by atoms with Gasteiger partial charge in [-0.2, -0.15) is 5.10 Å². The molecule has 2 heterocycles. The summed E-state index contributed by atoms with van der Waals surface area (Å²) < 4.78 is 6.11. The molecule has 1 saturated carbocycles. The molecule has 148 valence electrons. The van der Waals surface area contributed by atoms with Crippen molar-refractivity contribution in [3.05, 3.63) is 47.8 Å². The second-order valence-corrected chi connectivity index (χ2v) is 7.69. The minimum atomic E-state index is -0.0649. The molecule has 2 aliphatic rings. The lowest BCUT2D eigenvalue weighted by atomic mass is 10.1. The van der Waals surface area contributed by atoms with Crippen LogP contribution in [0.2, 0.25) is 0 Å². The molecule has 7 heteroatoms. The number of nitrogens with one attached hydrogen (secondary N) is 1. The lowest BCUT2D eigenvalue weighted by molar-refractivity contribution is -0.134. The highest BCUT2D eigenvalue weighted by atomic mass is 16.5. The Balaban J connectivity index is 1.32. The van der Waals surface area contributed by atoms with E-state index in [1.165, 1.54) is 0 Å². The Morgan fingerprint density at radius 3 is 2.68 bits per heavy atom. The SMILES string of the molecule is CN(Cc1ccn[nH]1)C(=O)c1cccc(OC2CCN(C(=O)C3CC3)CC2)c1. The van der Waals surface area contributed by atoms with Gasteiger partial charge in [-0.25, -0.2) is 0 Å². The predicted molar refractivity (Wildman–Crippen MR) is 104 cm³/mol. The number of benzene rings is 1. The highest BCUT2D eigenvalue weighted by Gasteiger charge is 2.35. The summed E-state index contributed by atoms with van der Waals surface area (Å²) in [5.74, 6) is 1.22. The van der Waals surface area contributed by atoms with Gasteiger partial charge in [0.05, 0.1) is 12.2 Å². The minimum absolute atomic E-state index is 0.0649. The Kier molecular flexibility index (Phi) is 5.32. The molecule has 1 aromatic heterocycles. The van der Waals surface area contributed by atoms with E-state index in [0.29, 0.717) is 23.8 Å². The molecule has 4 rings (SSSR count). The Hall–Kier alpha value is -2.83. The number of aromatic nitrogens is 2. The molecule has 2 amide bonds. The van der Waals surface area contributed by atoms with Crippen molar-refractivity contribution in [3.63, 3.8) is 0 Å². The molecule has 0 unspecified atom stereocenters. The van der Waals surface area contributed by atoms with Gasteiger partial charge in [0, 0.05) is 50.7 Å². The van der Waals surface area contributed by atoms with Crippen molar-refractivity contribution in [1.29, 1.82) is 0 Å². The smallest absolute Gasteiger partial charge is 0.254 e. The van der Waals surface area contributed by atoms with Crippen molar-refractivity contribution < 1.29 is 14.3 Å². The fourth-order valence-electron chi connectivity index (χ4n) is 3.60. The zero-order chi connectivity index (χ0) is 19.5. The van der Waals surface area contributed by atoms with Gasteiger partial charge in [-0.05, 0) is 37.1 Å². The normalized spacial score (nSPS) is 17.4. The Labute approximate surface area is 164 Å². The maximum absolute atomic E-state index is 12.7. The van der Waals surface area contributed by atoms with Crippen molar-refractivity contribution in [2.24, 2.45) is 5.92 Å². The number of nitrogens with zero attached hydrogens (tertiary/aromatic N) is 3. The van der Waals surface area contributed by atoms with Crippen LogP contribution in [0.15, 0.2) is 36.5 Å². The summed E-state index contributed by atoms with van der Waals surface area (Å²) in [6, 6.07) is 9.18. The van der Waals surface area contributed by atoms with E-state index < -0.39 is 0 Å². The number of likely N-dealkylation sites (tertiary alicyclic amines) is 1. The third-order valence-corrected chi connectivity index (χ3v) is 5.38. The van der Waals surface area contributed by atoms with Crippen molar-refractivity contribution in [2.45, 2.75) is 38.3 Å². The van der Waals surface area contributed by atoms with Crippen molar-refractivity contribution >= 4 is 11.8 Å². The third kappa shape index (κ3) is 4.35. The minimum Gasteiger partial charge on any atom is -0.490 e. The first-order valence-corrected chi connectivity index (χ1v) is 9.89. The highest BCUT2D eigenvalue weighted by Crippen LogP contribution is 2.32. The van der Waals surface area contributed by atoms with E-state index in [4.69, 9.17) is 4.74 Å². The van der Waals surface area contributed by atoms with Crippen LogP contribution in [0.1, 0.15) is 41.7 Å². The molecule has 2 fully saturated rings. The van der Waals surface area contributed by atoms with Crippen LogP contribution < -0.4 is 4.74 Å². The molecular weight excluding hydrogens is 356 g/mol. The van der Waals surface area contributed by atoms with Crippen LogP contribution >= 0.6 is 0 Å². The van der Waals surface area contributed by atoms with Gasteiger partial charge in [-0.3, -0.25) is 14.7 Å². The van der Waals surface area contributed by atoms with Gasteiger partial charge >= 0.3 is 0 Å². The number of H-pyrrole nitrogens is 1.